The summed E-state index contributed by atoms with van der Waals surface area (Å²) in [6.45, 7) is 10.6. The van der Waals surface area contributed by atoms with E-state index in [4.69, 9.17) is 5.73 Å². The summed E-state index contributed by atoms with van der Waals surface area (Å²) >= 11 is 0. The maximum Gasteiger partial charge on any atom is 0.146 e. The summed E-state index contributed by atoms with van der Waals surface area (Å²) in [6, 6.07) is 10.3. The van der Waals surface area contributed by atoms with Gasteiger partial charge in [0.1, 0.15) is 17.8 Å². The van der Waals surface area contributed by atoms with E-state index >= 15 is 0 Å². The quantitative estimate of drug-likeness (QED) is 0.504. The molecule has 0 spiro atoms. The molecule has 1 aromatic carbocycles. The molecular formula is C24H22N6. The lowest BCUT2D eigenvalue weighted by atomic mass is 9.97. The Morgan fingerprint density at radius 3 is 2.93 bits per heavy atom. The molecule has 0 saturated carbocycles. The van der Waals surface area contributed by atoms with E-state index in [0.29, 0.717) is 12.4 Å². The van der Waals surface area contributed by atoms with E-state index in [1.54, 1.807) is 6.08 Å². The van der Waals surface area contributed by atoms with Crippen molar-refractivity contribution in [2.45, 2.75) is 19.5 Å². The number of pyridine rings is 1. The Kier molecular flexibility index (Phi) is 4.13. The number of fused-ring (bicyclic) bond motifs is 4. The third-order valence-electron chi connectivity index (χ3n) is 5.57. The number of hydrogen-bond donors (Lipinski definition) is 2. The topological polar surface area (TPSA) is 81.7 Å². The van der Waals surface area contributed by atoms with E-state index in [0.717, 1.165) is 50.0 Å². The fourth-order valence-electron chi connectivity index (χ4n) is 4.28. The Bertz CT molecular complexity index is 1360. The van der Waals surface area contributed by atoms with Crippen molar-refractivity contribution in [2.75, 3.05) is 5.73 Å². The molecular weight excluding hydrogens is 372 g/mol. The monoisotopic (exact) mass is 394 g/mol. The molecule has 0 radical (unpaired) electrons. The van der Waals surface area contributed by atoms with Gasteiger partial charge in [-0.3, -0.25) is 4.98 Å². The summed E-state index contributed by atoms with van der Waals surface area (Å²) in [6.07, 6.45) is 7.36. The van der Waals surface area contributed by atoms with Crippen LogP contribution in [0.25, 0.3) is 38.6 Å². The van der Waals surface area contributed by atoms with E-state index in [2.05, 4.69) is 63.1 Å². The predicted molar refractivity (Wildman–Crippen MR) is 123 cm³/mol. The minimum Gasteiger partial charge on any atom is -0.383 e. The first kappa shape index (κ1) is 18.1. The Balaban J connectivity index is 1.77. The largest absolute Gasteiger partial charge is 0.383 e. The molecule has 0 saturated heterocycles. The number of nitrogens with one attached hydrogen (secondary N) is 1. The molecule has 1 aliphatic heterocycles. The zero-order valence-corrected chi connectivity index (χ0v) is 16.8. The highest BCUT2D eigenvalue weighted by Gasteiger charge is 2.27. The van der Waals surface area contributed by atoms with Gasteiger partial charge in [-0.2, -0.15) is 0 Å². The fraction of sp³-hybridized carbons (Fsp3) is 0.125. The van der Waals surface area contributed by atoms with Crippen molar-refractivity contribution in [1.82, 2.24) is 24.8 Å². The summed E-state index contributed by atoms with van der Waals surface area (Å²) < 4.78 is 2.21. The third kappa shape index (κ3) is 2.76. The van der Waals surface area contributed by atoms with Crippen LogP contribution in [0.5, 0.6) is 0 Å². The minimum atomic E-state index is 0.0809. The molecule has 148 valence electrons. The SMILES string of the molecule is C=CC(=C)NC1C=C(C)c2c(-c3cnc4ccccc4c3)c3c(N)ncnc3n2C1. The molecule has 3 N–H and O–H groups in total. The second-order valence-electron chi connectivity index (χ2n) is 7.54. The fourth-order valence-corrected chi connectivity index (χ4v) is 4.28. The lowest BCUT2D eigenvalue weighted by Gasteiger charge is -2.25. The second-order valence-corrected chi connectivity index (χ2v) is 7.54. The highest BCUT2D eigenvalue weighted by molar-refractivity contribution is 6.06. The van der Waals surface area contributed by atoms with Gasteiger partial charge in [-0.15, -0.1) is 0 Å². The average Bonchev–Trinajstić information content (AvgIpc) is 3.09. The highest BCUT2D eigenvalue weighted by Crippen LogP contribution is 2.42. The number of anilines is 1. The van der Waals surface area contributed by atoms with E-state index in [9.17, 15) is 0 Å². The van der Waals surface area contributed by atoms with Crippen LogP contribution >= 0.6 is 0 Å². The lowest BCUT2D eigenvalue weighted by Crippen LogP contribution is -2.33. The number of para-hydroxylation sites is 1. The van der Waals surface area contributed by atoms with Gasteiger partial charge in [-0.05, 0) is 30.7 Å². The Labute approximate surface area is 174 Å². The van der Waals surface area contributed by atoms with Crippen LogP contribution in [0.15, 0.2) is 73.9 Å². The standard InChI is InChI=1S/C24H22N6/c1-4-15(3)29-18-9-14(2)22-20(17-10-16-7-5-6-8-19(16)26-11-17)21-23(25)27-13-28-24(21)30(22)12-18/h4-11,13,18,29H,1,3,12H2,2H3,(H2,25,27,28). The van der Waals surface area contributed by atoms with Crippen LogP contribution < -0.4 is 11.1 Å². The van der Waals surface area contributed by atoms with Gasteiger partial charge in [0.2, 0.25) is 0 Å². The first-order valence-corrected chi connectivity index (χ1v) is 9.81. The molecule has 0 bridgehead atoms. The molecule has 0 fully saturated rings. The van der Waals surface area contributed by atoms with Crippen molar-refractivity contribution in [3.05, 3.63) is 79.6 Å². The zero-order chi connectivity index (χ0) is 20.8. The van der Waals surface area contributed by atoms with Gasteiger partial charge < -0.3 is 15.6 Å². The number of benzene rings is 1. The van der Waals surface area contributed by atoms with Crippen LogP contribution in [0, 0.1) is 0 Å². The minimum absolute atomic E-state index is 0.0809. The van der Waals surface area contributed by atoms with Gasteiger partial charge >= 0.3 is 0 Å². The molecule has 6 nitrogen and oxygen atoms in total. The van der Waals surface area contributed by atoms with Crippen LogP contribution in [0.3, 0.4) is 0 Å². The lowest BCUT2D eigenvalue weighted by molar-refractivity contribution is 0.559. The zero-order valence-electron chi connectivity index (χ0n) is 16.8. The Morgan fingerprint density at radius 2 is 2.10 bits per heavy atom. The Hall–Kier alpha value is -3.93. The summed E-state index contributed by atoms with van der Waals surface area (Å²) in [5.74, 6) is 0.470. The van der Waals surface area contributed by atoms with E-state index in [-0.39, 0.29) is 6.04 Å². The smallest absolute Gasteiger partial charge is 0.146 e. The molecule has 3 aromatic heterocycles. The van der Waals surface area contributed by atoms with Gasteiger partial charge in [-0.1, -0.05) is 37.4 Å². The van der Waals surface area contributed by atoms with Crippen molar-refractivity contribution in [1.29, 1.82) is 0 Å². The summed E-state index contributed by atoms with van der Waals surface area (Å²) in [4.78, 5) is 13.5. The average molecular weight is 394 g/mol. The summed E-state index contributed by atoms with van der Waals surface area (Å²) in [5.41, 5.74) is 13.2. The van der Waals surface area contributed by atoms with Crippen molar-refractivity contribution in [3.63, 3.8) is 0 Å². The van der Waals surface area contributed by atoms with Crippen LogP contribution in [-0.2, 0) is 6.54 Å². The third-order valence-corrected chi connectivity index (χ3v) is 5.57. The van der Waals surface area contributed by atoms with Crippen molar-refractivity contribution >= 4 is 33.3 Å². The molecule has 1 unspecified atom stereocenters. The molecule has 4 aromatic rings. The molecule has 1 aliphatic rings. The predicted octanol–water partition coefficient (Wildman–Crippen LogP) is 4.30. The van der Waals surface area contributed by atoms with Crippen molar-refractivity contribution in [3.8, 4) is 11.1 Å². The van der Waals surface area contributed by atoms with E-state index < -0.39 is 0 Å². The van der Waals surface area contributed by atoms with Crippen LogP contribution in [0.4, 0.5) is 5.82 Å². The normalized spacial score (nSPS) is 15.6. The molecule has 6 heteroatoms. The number of nitrogen functional groups attached to an aromatic ring is 1. The second kappa shape index (κ2) is 6.84. The summed E-state index contributed by atoms with van der Waals surface area (Å²) in [5, 5.41) is 5.34. The Morgan fingerprint density at radius 1 is 1.27 bits per heavy atom. The number of aromatic nitrogens is 4. The molecule has 30 heavy (non-hydrogen) atoms. The van der Waals surface area contributed by atoms with Gasteiger partial charge in [0.15, 0.2) is 0 Å². The first-order chi connectivity index (χ1) is 14.6. The van der Waals surface area contributed by atoms with Crippen molar-refractivity contribution < 1.29 is 0 Å². The van der Waals surface area contributed by atoms with Gasteiger partial charge in [0.25, 0.3) is 0 Å². The maximum atomic E-state index is 6.35. The number of nitrogens with two attached hydrogens (primary N) is 1. The maximum absolute atomic E-state index is 6.35. The number of hydrogen-bond acceptors (Lipinski definition) is 5. The van der Waals surface area contributed by atoms with Crippen LogP contribution in [-0.4, -0.2) is 25.6 Å². The number of allylic oxidation sites excluding steroid dienone is 2. The number of rotatable bonds is 4. The van der Waals surface area contributed by atoms with Gasteiger partial charge in [-0.25, -0.2) is 9.97 Å². The van der Waals surface area contributed by atoms with E-state index in [1.165, 1.54) is 6.33 Å². The van der Waals surface area contributed by atoms with Gasteiger partial charge in [0.05, 0.1) is 22.6 Å². The van der Waals surface area contributed by atoms with E-state index in [1.807, 2.05) is 24.4 Å². The summed E-state index contributed by atoms with van der Waals surface area (Å²) in [7, 11) is 0. The van der Waals surface area contributed by atoms with Crippen LogP contribution in [0.1, 0.15) is 12.6 Å². The molecule has 4 heterocycles. The van der Waals surface area contributed by atoms with Crippen molar-refractivity contribution in [2.24, 2.45) is 0 Å². The molecule has 1 atom stereocenters. The number of nitrogens with zero attached hydrogens (tertiary/aromatic N) is 4. The highest BCUT2D eigenvalue weighted by atomic mass is 15.1. The molecule has 5 rings (SSSR count). The van der Waals surface area contributed by atoms with Crippen LogP contribution in [0.2, 0.25) is 0 Å². The van der Waals surface area contributed by atoms with Gasteiger partial charge in [0, 0.05) is 35.0 Å². The first-order valence-electron chi connectivity index (χ1n) is 9.81. The molecule has 0 aliphatic carbocycles. The molecule has 0 amide bonds.